The van der Waals surface area contributed by atoms with Crippen LogP contribution in [-0.4, -0.2) is 19.0 Å². The summed E-state index contributed by atoms with van der Waals surface area (Å²) in [5.74, 6) is -0.0336. The first-order valence-electron chi connectivity index (χ1n) is 5.09. The number of benzene rings is 1. The van der Waals surface area contributed by atoms with Crippen molar-refractivity contribution in [3.8, 4) is 0 Å². The zero-order valence-electron chi connectivity index (χ0n) is 9.02. The lowest BCUT2D eigenvalue weighted by atomic mass is 10.3. The molecular formula is C11H14ClIN2O. The van der Waals surface area contributed by atoms with Crippen molar-refractivity contribution in [3.05, 3.63) is 26.8 Å². The number of hydrogen-bond acceptors (Lipinski definition) is 2. The molecule has 0 bridgehead atoms. The third-order valence-corrected chi connectivity index (χ3v) is 3.05. The van der Waals surface area contributed by atoms with Gasteiger partial charge in [-0.15, -0.1) is 0 Å². The Bertz CT molecular complexity index is 371. The van der Waals surface area contributed by atoms with Gasteiger partial charge in [0.05, 0.1) is 12.2 Å². The minimum absolute atomic E-state index is 0.0336. The zero-order chi connectivity index (χ0) is 12.0. The Balaban J connectivity index is 2.49. The lowest BCUT2D eigenvalue weighted by molar-refractivity contribution is -0.115. The van der Waals surface area contributed by atoms with E-state index in [-0.39, 0.29) is 5.91 Å². The summed E-state index contributed by atoms with van der Waals surface area (Å²) in [4.78, 5) is 11.5. The maximum absolute atomic E-state index is 11.5. The molecule has 0 aromatic heterocycles. The van der Waals surface area contributed by atoms with Crippen molar-refractivity contribution in [1.82, 2.24) is 5.32 Å². The van der Waals surface area contributed by atoms with Crippen molar-refractivity contribution < 1.29 is 4.79 Å². The average molecular weight is 353 g/mol. The van der Waals surface area contributed by atoms with E-state index in [0.717, 1.165) is 22.2 Å². The van der Waals surface area contributed by atoms with Crippen molar-refractivity contribution in [3.63, 3.8) is 0 Å². The van der Waals surface area contributed by atoms with E-state index >= 15 is 0 Å². The molecule has 0 aliphatic heterocycles. The highest BCUT2D eigenvalue weighted by Crippen LogP contribution is 2.21. The molecule has 0 aliphatic rings. The van der Waals surface area contributed by atoms with E-state index in [0.29, 0.717) is 11.6 Å². The van der Waals surface area contributed by atoms with Gasteiger partial charge in [0, 0.05) is 8.59 Å². The molecule has 1 amide bonds. The smallest absolute Gasteiger partial charge is 0.238 e. The van der Waals surface area contributed by atoms with Gasteiger partial charge in [0.15, 0.2) is 0 Å². The van der Waals surface area contributed by atoms with Gasteiger partial charge in [0.2, 0.25) is 5.91 Å². The minimum Gasteiger partial charge on any atom is -0.324 e. The molecule has 0 unspecified atom stereocenters. The van der Waals surface area contributed by atoms with Gasteiger partial charge in [0.1, 0.15) is 0 Å². The fourth-order valence-corrected chi connectivity index (χ4v) is 2.17. The second-order valence-electron chi connectivity index (χ2n) is 3.35. The number of rotatable bonds is 5. The van der Waals surface area contributed by atoms with Gasteiger partial charge in [-0.2, -0.15) is 0 Å². The van der Waals surface area contributed by atoms with Crippen LogP contribution in [0.15, 0.2) is 18.2 Å². The zero-order valence-corrected chi connectivity index (χ0v) is 11.9. The van der Waals surface area contributed by atoms with Gasteiger partial charge in [-0.05, 0) is 53.8 Å². The van der Waals surface area contributed by atoms with Crippen LogP contribution in [0.25, 0.3) is 0 Å². The Labute approximate surface area is 114 Å². The minimum atomic E-state index is -0.0336. The number of nitrogens with one attached hydrogen (secondary N) is 2. The summed E-state index contributed by atoms with van der Waals surface area (Å²) in [5, 5.41) is 6.55. The molecule has 0 saturated carbocycles. The van der Waals surface area contributed by atoms with Crippen LogP contribution in [0.3, 0.4) is 0 Å². The van der Waals surface area contributed by atoms with Crippen LogP contribution in [0.5, 0.6) is 0 Å². The summed E-state index contributed by atoms with van der Waals surface area (Å²) in [6.45, 7) is 3.25. The molecule has 0 fully saturated rings. The first-order chi connectivity index (χ1) is 7.63. The third kappa shape index (κ3) is 4.67. The molecule has 0 atom stereocenters. The number of amides is 1. The van der Waals surface area contributed by atoms with Crippen LogP contribution < -0.4 is 10.6 Å². The highest BCUT2D eigenvalue weighted by Gasteiger charge is 2.05. The van der Waals surface area contributed by atoms with E-state index in [2.05, 4.69) is 40.1 Å². The van der Waals surface area contributed by atoms with E-state index in [1.807, 2.05) is 12.1 Å². The van der Waals surface area contributed by atoms with Gasteiger partial charge in [0.25, 0.3) is 0 Å². The maximum Gasteiger partial charge on any atom is 0.238 e. The molecule has 1 rings (SSSR count). The van der Waals surface area contributed by atoms with E-state index in [1.54, 1.807) is 6.07 Å². The molecule has 0 heterocycles. The molecule has 0 radical (unpaired) electrons. The number of anilines is 1. The van der Waals surface area contributed by atoms with Crippen molar-refractivity contribution in [1.29, 1.82) is 0 Å². The quantitative estimate of drug-likeness (QED) is 0.632. The van der Waals surface area contributed by atoms with Crippen LogP contribution in [0.1, 0.15) is 13.3 Å². The van der Waals surface area contributed by atoms with Crippen LogP contribution >= 0.6 is 34.2 Å². The van der Waals surface area contributed by atoms with E-state index in [9.17, 15) is 4.79 Å². The van der Waals surface area contributed by atoms with Gasteiger partial charge in [-0.25, -0.2) is 0 Å². The predicted molar refractivity (Wildman–Crippen MR) is 76.0 cm³/mol. The Morgan fingerprint density at radius 2 is 2.25 bits per heavy atom. The summed E-state index contributed by atoms with van der Waals surface area (Å²) >= 11 is 7.97. The van der Waals surface area contributed by atoms with Crippen molar-refractivity contribution in [2.24, 2.45) is 0 Å². The van der Waals surface area contributed by atoms with E-state index < -0.39 is 0 Å². The van der Waals surface area contributed by atoms with Gasteiger partial charge >= 0.3 is 0 Å². The van der Waals surface area contributed by atoms with Gasteiger partial charge < -0.3 is 10.6 Å². The van der Waals surface area contributed by atoms with E-state index in [4.69, 9.17) is 11.6 Å². The predicted octanol–water partition coefficient (Wildman–Crippen LogP) is 2.88. The molecular weight excluding hydrogens is 338 g/mol. The summed E-state index contributed by atoms with van der Waals surface area (Å²) in [5.41, 5.74) is 0.799. The SMILES string of the molecule is CCCNCC(=O)Nc1ccc(Cl)cc1I. The van der Waals surface area contributed by atoms with Crippen LogP contribution in [0, 0.1) is 3.57 Å². The van der Waals surface area contributed by atoms with E-state index in [1.165, 1.54) is 0 Å². The molecule has 0 saturated heterocycles. The monoisotopic (exact) mass is 352 g/mol. The Kier molecular flexibility index (Phi) is 6.08. The molecule has 1 aromatic rings. The van der Waals surface area contributed by atoms with Gasteiger partial charge in [-0.3, -0.25) is 4.79 Å². The lowest BCUT2D eigenvalue weighted by Gasteiger charge is -2.08. The van der Waals surface area contributed by atoms with Gasteiger partial charge in [-0.1, -0.05) is 18.5 Å². The molecule has 3 nitrogen and oxygen atoms in total. The molecule has 0 aliphatic carbocycles. The number of carbonyl (C=O) groups is 1. The Morgan fingerprint density at radius 1 is 1.50 bits per heavy atom. The molecule has 0 spiro atoms. The third-order valence-electron chi connectivity index (χ3n) is 1.92. The van der Waals surface area contributed by atoms with Crippen LogP contribution in [0.4, 0.5) is 5.69 Å². The Hall–Kier alpha value is -0.330. The molecule has 5 heteroatoms. The highest BCUT2D eigenvalue weighted by molar-refractivity contribution is 14.1. The summed E-state index contributed by atoms with van der Waals surface area (Å²) in [6, 6.07) is 5.39. The molecule has 1 aromatic carbocycles. The summed E-state index contributed by atoms with van der Waals surface area (Å²) in [6.07, 6.45) is 1.02. The number of halogens is 2. The van der Waals surface area contributed by atoms with Crippen molar-refractivity contribution in [2.75, 3.05) is 18.4 Å². The molecule has 16 heavy (non-hydrogen) atoms. The standard InChI is InChI=1S/C11H14ClIN2O/c1-2-5-14-7-11(16)15-10-4-3-8(12)6-9(10)13/h3-4,6,14H,2,5,7H2,1H3,(H,15,16). The topological polar surface area (TPSA) is 41.1 Å². The first-order valence-corrected chi connectivity index (χ1v) is 6.54. The largest absolute Gasteiger partial charge is 0.324 e. The lowest BCUT2D eigenvalue weighted by Crippen LogP contribution is -2.28. The maximum atomic E-state index is 11.5. The van der Waals surface area contributed by atoms with Crippen molar-refractivity contribution in [2.45, 2.75) is 13.3 Å². The normalized spacial score (nSPS) is 10.2. The molecule has 88 valence electrons. The highest BCUT2D eigenvalue weighted by atomic mass is 127. The average Bonchev–Trinajstić information content (AvgIpc) is 2.23. The second kappa shape index (κ2) is 7.09. The number of carbonyl (C=O) groups excluding carboxylic acids is 1. The first kappa shape index (κ1) is 13.7. The number of hydrogen-bond donors (Lipinski definition) is 2. The second-order valence-corrected chi connectivity index (χ2v) is 4.95. The van der Waals surface area contributed by atoms with Crippen LogP contribution in [0.2, 0.25) is 5.02 Å². The fraction of sp³-hybridized carbons (Fsp3) is 0.364. The fourth-order valence-electron chi connectivity index (χ4n) is 1.16. The summed E-state index contributed by atoms with van der Waals surface area (Å²) in [7, 11) is 0. The Morgan fingerprint density at radius 3 is 2.88 bits per heavy atom. The van der Waals surface area contributed by atoms with Crippen molar-refractivity contribution >= 4 is 45.8 Å². The summed E-state index contributed by atoms with van der Waals surface area (Å²) < 4.78 is 0.939. The van der Waals surface area contributed by atoms with Crippen LogP contribution in [-0.2, 0) is 4.79 Å². The molecule has 2 N–H and O–H groups in total.